The van der Waals surface area contributed by atoms with Gasteiger partial charge in [0.25, 0.3) is 0 Å². The number of carbonyl (C=O) groups excluding carboxylic acids is 1. The highest BCUT2D eigenvalue weighted by Crippen LogP contribution is 2.23. The highest BCUT2D eigenvalue weighted by Gasteiger charge is 2.44. The first kappa shape index (κ1) is 71.1. The van der Waals surface area contributed by atoms with Crippen molar-refractivity contribution >= 4 is 5.91 Å². The molecule has 7 atom stereocenters. The fraction of sp³-hybridized carbons (Fsp3) is 0.632. The van der Waals surface area contributed by atoms with Gasteiger partial charge in [0.15, 0.2) is 6.29 Å². The average molecular weight is 1070 g/mol. The molecule has 0 aromatic rings. The first-order valence-corrected chi connectivity index (χ1v) is 30.6. The van der Waals surface area contributed by atoms with Crippen molar-refractivity contribution in [3.05, 3.63) is 146 Å². The lowest BCUT2D eigenvalue weighted by atomic mass is 9.99. The van der Waals surface area contributed by atoms with E-state index < -0.39 is 49.5 Å². The van der Waals surface area contributed by atoms with Crippen LogP contribution in [0.4, 0.5) is 0 Å². The van der Waals surface area contributed by atoms with E-state index in [0.717, 1.165) is 122 Å². The summed E-state index contributed by atoms with van der Waals surface area (Å²) < 4.78 is 11.2. The van der Waals surface area contributed by atoms with E-state index in [9.17, 15) is 30.3 Å². The lowest BCUT2D eigenvalue weighted by molar-refractivity contribution is -0.302. The van der Waals surface area contributed by atoms with Gasteiger partial charge in [0.2, 0.25) is 5.91 Å². The second kappa shape index (κ2) is 55.4. The van der Waals surface area contributed by atoms with Gasteiger partial charge in [-0.2, -0.15) is 0 Å². The Bertz CT molecular complexity index is 1720. The molecule has 0 aromatic carbocycles. The minimum Gasteiger partial charge on any atom is -0.394 e. The molecule has 1 rings (SSSR count). The van der Waals surface area contributed by atoms with Crippen LogP contribution in [0.15, 0.2) is 146 Å². The summed E-state index contributed by atoms with van der Waals surface area (Å²) in [6, 6.07) is -0.842. The van der Waals surface area contributed by atoms with Crippen LogP contribution in [0.5, 0.6) is 0 Å². The van der Waals surface area contributed by atoms with Crippen LogP contribution < -0.4 is 5.32 Å². The number of rotatable bonds is 50. The van der Waals surface area contributed by atoms with Crippen molar-refractivity contribution in [2.24, 2.45) is 0 Å². The molecular formula is C68H111NO8. The van der Waals surface area contributed by atoms with Gasteiger partial charge in [0, 0.05) is 6.42 Å². The first-order chi connectivity index (χ1) is 37.8. The van der Waals surface area contributed by atoms with Crippen LogP contribution >= 0.6 is 0 Å². The third-order valence-electron chi connectivity index (χ3n) is 13.4. The Morgan fingerprint density at radius 2 is 0.818 bits per heavy atom. The van der Waals surface area contributed by atoms with Crippen LogP contribution in [-0.2, 0) is 14.3 Å². The van der Waals surface area contributed by atoms with Crippen LogP contribution in [0.25, 0.3) is 0 Å². The van der Waals surface area contributed by atoms with Crippen LogP contribution in [-0.4, -0.2) is 87.5 Å². The summed E-state index contributed by atoms with van der Waals surface area (Å²) in [5, 5.41) is 54.5. The molecule has 0 saturated carbocycles. The van der Waals surface area contributed by atoms with Crippen molar-refractivity contribution < 1.29 is 39.8 Å². The van der Waals surface area contributed by atoms with Crippen molar-refractivity contribution in [2.45, 2.75) is 262 Å². The molecule has 0 bridgehead atoms. The number of nitrogens with one attached hydrogen (secondary N) is 1. The Labute approximate surface area is 470 Å². The molecule has 436 valence electrons. The van der Waals surface area contributed by atoms with Gasteiger partial charge in [0.1, 0.15) is 24.4 Å². The number of allylic oxidation sites excluding steroid dienone is 23. The highest BCUT2D eigenvalue weighted by molar-refractivity contribution is 5.76. The monoisotopic (exact) mass is 1070 g/mol. The molecule has 0 spiro atoms. The summed E-state index contributed by atoms with van der Waals surface area (Å²) in [5.41, 5.74) is 0. The van der Waals surface area contributed by atoms with E-state index in [1.54, 1.807) is 6.08 Å². The molecule has 9 nitrogen and oxygen atoms in total. The van der Waals surface area contributed by atoms with Gasteiger partial charge in [0.05, 0.1) is 25.4 Å². The summed E-state index contributed by atoms with van der Waals surface area (Å²) >= 11 is 0. The summed E-state index contributed by atoms with van der Waals surface area (Å²) in [5.74, 6) is -0.204. The number of amides is 1. The van der Waals surface area contributed by atoms with Crippen LogP contribution in [0.1, 0.15) is 219 Å². The molecular weight excluding hydrogens is 959 g/mol. The second-order valence-corrected chi connectivity index (χ2v) is 20.4. The van der Waals surface area contributed by atoms with Gasteiger partial charge in [-0.05, 0) is 116 Å². The van der Waals surface area contributed by atoms with Gasteiger partial charge < -0.3 is 40.3 Å². The quantitative estimate of drug-likeness (QED) is 0.0261. The Morgan fingerprint density at radius 3 is 1.25 bits per heavy atom. The number of unbranched alkanes of at least 4 members (excludes halogenated alkanes) is 18. The first-order valence-electron chi connectivity index (χ1n) is 30.6. The SMILES string of the molecule is CC/C=C\C/C=C\C/C=C\C/C=C\C/C=C\C/C=C\C/C=C\C/C=C\C/C=C\CCCCCCCCCCCC(=O)NC(COC1OC(CO)C(O)C(O)C1O)C(O)/C=C/CC/C=C/CC/C=C/CCCCCCCCC. The minimum absolute atomic E-state index is 0.204. The standard InChI is InChI=1S/C68H111NO8/c1-3-5-7-9-11-13-15-17-19-21-22-23-24-25-26-27-28-29-30-31-32-33-34-35-36-37-38-39-40-42-44-46-48-50-52-54-56-58-64(72)69-61(60-76-68-67(75)66(74)65(73)63(59-70)77-68)62(71)57-55-53-51-49-47-45-43-41-20-18-16-14-12-10-8-6-4-2/h5,7,11,13,17,19-20,22-23,25-26,28-29,31-32,34-35,37-38,41,47,49,55,57,61-63,65-68,70-71,73-75H,3-4,6,8-10,12,14-16,18,21,24,27,30,33,36,39-40,42-46,48,50-54,56,58-60H2,1-2H3,(H,69,72)/b7-5-,13-11-,19-17-,23-22-,26-25-,29-28-,32-31-,35-34-,38-37-,41-20+,49-47+,57-55+. The van der Waals surface area contributed by atoms with Crippen molar-refractivity contribution in [3.8, 4) is 0 Å². The van der Waals surface area contributed by atoms with E-state index in [0.29, 0.717) is 6.42 Å². The molecule has 9 heteroatoms. The van der Waals surface area contributed by atoms with Crippen LogP contribution in [0.3, 0.4) is 0 Å². The predicted octanol–water partition coefficient (Wildman–Crippen LogP) is 15.8. The zero-order valence-electron chi connectivity index (χ0n) is 48.4. The van der Waals surface area contributed by atoms with Crippen molar-refractivity contribution in [1.82, 2.24) is 5.32 Å². The Kier molecular flexibility index (Phi) is 51.1. The molecule has 0 aromatic heterocycles. The van der Waals surface area contributed by atoms with Gasteiger partial charge in [-0.1, -0.05) is 243 Å². The van der Waals surface area contributed by atoms with E-state index in [2.05, 4.69) is 153 Å². The van der Waals surface area contributed by atoms with Crippen molar-refractivity contribution in [2.75, 3.05) is 13.2 Å². The summed E-state index contributed by atoms with van der Waals surface area (Å²) in [6.45, 7) is 3.62. The lowest BCUT2D eigenvalue weighted by Crippen LogP contribution is -2.60. The summed E-state index contributed by atoms with van der Waals surface area (Å²) in [4.78, 5) is 13.1. The fourth-order valence-corrected chi connectivity index (χ4v) is 8.59. The molecule has 1 aliphatic heterocycles. The van der Waals surface area contributed by atoms with Crippen LogP contribution in [0.2, 0.25) is 0 Å². The van der Waals surface area contributed by atoms with E-state index >= 15 is 0 Å². The van der Waals surface area contributed by atoms with Crippen LogP contribution in [0, 0.1) is 0 Å². The maximum absolute atomic E-state index is 13.1. The number of aliphatic hydroxyl groups excluding tert-OH is 5. The summed E-state index contributed by atoms with van der Waals surface area (Å²) in [7, 11) is 0. The number of aliphatic hydroxyl groups is 5. The largest absolute Gasteiger partial charge is 0.394 e. The number of hydrogen-bond donors (Lipinski definition) is 6. The minimum atomic E-state index is -1.58. The maximum Gasteiger partial charge on any atom is 0.220 e. The number of carbonyl (C=O) groups is 1. The van der Waals surface area contributed by atoms with E-state index in [-0.39, 0.29) is 12.5 Å². The zero-order valence-corrected chi connectivity index (χ0v) is 48.4. The van der Waals surface area contributed by atoms with Crippen molar-refractivity contribution in [3.63, 3.8) is 0 Å². The highest BCUT2D eigenvalue weighted by atomic mass is 16.7. The third-order valence-corrected chi connectivity index (χ3v) is 13.4. The van der Waals surface area contributed by atoms with E-state index in [1.165, 1.54) is 77.0 Å². The molecule has 77 heavy (non-hydrogen) atoms. The topological polar surface area (TPSA) is 149 Å². The molecule has 7 unspecified atom stereocenters. The summed E-state index contributed by atoms with van der Waals surface area (Å²) in [6.07, 6.45) is 79.1. The van der Waals surface area contributed by atoms with Gasteiger partial charge in [-0.3, -0.25) is 4.79 Å². The van der Waals surface area contributed by atoms with Crippen molar-refractivity contribution in [1.29, 1.82) is 0 Å². The smallest absolute Gasteiger partial charge is 0.220 e. The van der Waals surface area contributed by atoms with Gasteiger partial charge in [-0.15, -0.1) is 0 Å². The Hall–Kier alpha value is -3.93. The number of hydrogen-bond acceptors (Lipinski definition) is 8. The molecule has 1 saturated heterocycles. The second-order valence-electron chi connectivity index (χ2n) is 20.4. The van der Waals surface area contributed by atoms with Gasteiger partial charge >= 0.3 is 0 Å². The fourth-order valence-electron chi connectivity index (χ4n) is 8.59. The zero-order chi connectivity index (χ0) is 55.8. The number of ether oxygens (including phenoxy) is 2. The molecule has 6 N–H and O–H groups in total. The lowest BCUT2D eigenvalue weighted by Gasteiger charge is -2.40. The van der Waals surface area contributed by atoms with Gasteiger partial charge in [-0.25, -0.2) is 0 Å². The Morgan fingerprint density at radius 1 is 0.455 bits per heavy atom. The molecule has 0 aliphatic carbocycles. The van der Waals surface area contributed by atoms with E-state index in [1.807, 2.05) is 6.08 Å². The molecule has 1 fully saturated rings. The predicted molar refractivity (Wildman–Crippen MR) is 326 cm³/mol. The molecule has 1 heterocycles. The molecule has 0 radical (unpaired) electrons. The third kappa shape index (κ3) is 44.6. The normalized spacial score (nSPS) is 19.8. The Balaban J connectivity index is 2.21. The molecule has 1 aliphatic rings. The maximum atomic E-state index is 13.1. The van der Waals surface area contributed by atoms with E-state index in [4.69, 9.17) is 9.47 Å². The molecule has 1 amide bonds. The average Bonchev–Trinajstić information content (AvgIpc) is 3.43.